The first-order chi connectivity index (χ1) is 14.1. The van der Waals surface area contributed by atoms with Crippen LogP contribution in [0.1, 0.15) is 89.5 Å². The lowest BCUT2D eigenvalue weighted by Gasteiger charge is -2.32. The molecule has 0 bridgehead atoms. The van der Waals surface area contributed by atoms with Crippen LogP contribution in [0.5, 0.6) is 0 Å². The first kappa shape index (κ1) is 21.9. The lowest BCUT2D eigenvalue weighted by molar-refractivity contribution is 0.236. The van der Waals surface area contributed by atoms with E-state index in [1.165, 1.54) is 82.0 Å². The number of unbranched alkanes of at least 4 members (excludes halogenated alkanes) is 4. The van der Waals surface area contributed by atoms with Gasteiger partial charge in [-0.2, -0.15) is 4.39 Å². The molecule has 1 unspecified atom stereocenters. The number of hydrogen-bond acceptors (Lipinski definition) is 1. The smallest absolute Gasteiger partial charge is 0.225 e. The molecular weight excluding hydrogens is 364 g/mol. The highest BCUT2D eigenvalue weighted by Crippen LogP contribution is 2.40. The Bertz CT molecular complexity index is 748. The molecule has 2 aromatic rings. The zero-order valence-corrected chi connectivity index (χ0v) is 18.0. The van der Waals surface area contributed by atoms with Gasteiger partial charge in [0.25, 0.3) is 0 Å². The second kappa shape index (κ2) is 10.8. The molecule has 1 aromatic heterocycles. The number of halogens is 2. The molecule has 1 nitrogen and oxygen atoms in total. The predicted molar refractivity (Wildman–Crippen MR) is 117 cm³/mol. The van der Waals surface area contributed by atoms with Gasteiger partial charge in [-0.25, -0.2) is 9.37 Å². The third-order valence-corrected chi connectivity index (χ3v) is 6.88. The van der Waals surface area contributed by atoms with Crippen molar-refractivity contribution in [2.75, 3.05) is 0 Å². The van der Waals surface area contributed by atoms with Crippen molar-refractivity contribution in [2.24, 2.45) is 11.8 Å². The SMILES string of the molecule is CCCCCCCC1CCC(C(C)c2ccc(-c3cnc(F)c(F)c3)cc2)CC1. The summed E-state index contributed by atoms with van der Waals surface area (Å²) < 4.78 is 26.5. The fourth-order valence-corrected chi connectivity index (χ4v) is 4.84. The number of nitrogens with zero attached hydrogens (tertiary/aromatic N) is 1. The van der Waals surface area contributed by atoms with Crippen LogP contribution in [0.3, 0.4) is 0 Å². The Morgan fingerprint density at radius 3 is 2.28 bits per heavy atom. The van der Waals surface area contributed by atoms with Gasteiger partial charge in [0.05, 0.1) is 0 Å². The highest BCUT2D eigenvalue weighted by atomic mass is 19.2. The van der Waals surface area contributed by atoms with Crippen LogP contribution >= 0.6 is 0 Å². The maximum Gasteiger partial charge on any atom is 0.248 e. The zero-order chi connectivity index (χ0) is 20.6. The molecule has 1 heterocycles. The number of rotatable bonds is 9. The second-order valence-electron chi connectivity index (χ2n) is 8.89. The molecule has 158 valence electrons. The Kier molecular flexibility index (Phi) is 8.20. The Labute approximate surface area is 175 Å². The summed E-state index contributed by atoms with van der Waals surface area (Å²) in [7, 11) is 0. The van der Waals surface area contributed by atoms with E-state index in [1.807, 2.05) is 12.1 Å². The molecular formula is C26H35F2N. The molecule has 0 radical (unpaired) electrons. The lowest BCUT2D eigenvalue weighted by atomic mass is 9.73. The maximum absolute atomic E-state index is 13.4. The Balaban J connectivity index is 1.49. The minimum Gasteiger partial charge on any atom is -0.225 e. The summed E-state index contributed by atoms with van der Waals surface area (Å²) in [6, 6.07) is 9.50. The van der Waals surface area contributed by atoms with Crippen molar-refractivity contribution < 1.29 is 8.78 Å². The molecule has 1 fully saturated rings. The van der Waals surface area contributed by atoms with Gasteiger partial charge >= 0.3 is 0 Å². The summed E-state index contributed by atoms with van der Waals surface area (Å²) in [6.07, 6.45) is 15.1. The molecule has 1 saturated carbocycles. The average molecular weight is 400 g/mol. The summed E-state index contributed by atoms with van der Waals surface area (Å²) in [4.78, 5) is 3.49. The van der Waals surface area contributed by atoms with Crippen molar-refractivity contribution in [3.05, 3.63) is 53.9 Å². The topological polar surface area (TPSA) is 12.9 Å². The number of pyridine rings is 1. The van der Waals surface area contributed by atoms with Crippen molar-refractivity contribution in [3.8, 4) is 11.1 Å². The number of benzene rings is 1. The van der Waals surface area contributed by atoms with Crippen molar-refractivity contribution in [3.63, 3.8) is 0 Å². The fourth-order valence-electron chi connectivity index (χ4n) is 4.84. The average Bonchev–Trinajstić information content (AvgIpc) is 2.75. The molecule has 3 heteroatoms. The summed E-state index contributed by atoms with van der Waals surface area (Å²) in [5, 5.41) is 0. The summed E-state index contributed by atoms with van der Waals surface area (Å²) >= 11 is 0. The molecule has 0 amide bonds. The van der Waals surface area contributed by atoms with E-state index >= 15 is 0 Å². The number of aromatic nitrogens is 1. The van der Waals surface area contributed by atoms with Gasteiger partial charge in [-0.1, -0.05) is 89.5 Å². The standard InChI is InChI=1S/C26H35F2N/c1-3-4-5-6-7-8-20-9-11-21(12-10-20)19(2)22-13-15-23(16-14-22)24-17-25(27)26(28)29-18-24/h13-21H,3-12H2,1-2H3. The molecule has 1 aromatic carbocycles. The van der Waals surface area contributed by atoms with Gasteiger partial charge in [0.1, 0.15) is 0 Å². The predicted octanol–water partition coefficient (Wildman–Crippen LogP) is 8.30. The van der Waals surface area contributed by atoms with E-state index in [4.69, 9.17) is 0 Å². The van der Waals surface area contributed by atoms with E-state index in [-0.39, 0.29) is 0 Å². The van der Waals surface area contributed by atoms with Gasteiger partial charge in [-0.15, -0.1) is 0 Å². The Morgan fingerprint density at radius 2 is 1.62 bits per heavy atom. The summed E-state index contributed by atoms with van der Waals surface area (Å²) in [5.41, 5.74) is 2.83. The molecule has 0 N–H and O–H groups in total. The maximum atomic E-state index is 13.4. The molecule has 29 heavy (non-hydrogen) atoms. The van der Waals surface area contributed by atoms with E-state index in [9.17, 15) is 8.78 Å². The van der Waals surface area contributed by atoms with Crippen LogP contribution in [0.15, 0.2) is 36.5 Å². The molecule has 1 aliphatic rings. The van der Waals surface area contributed by atoms with Crippen LogP contribution < -0.4 is 0 Å². The monoisotopic (exact) mass is 399 g/mol. The van der Waals surface area contributed by atoms with Gasteiger partial charge in [-0.05, 0) is 47.8 Å². The van der Waals surface area contributed by atoms with Gasteiger partial charge in [0.2, 0.25) is 5.95 Å². The minimum absolute atomic E-state index is 0.539. The second-order valence-corrected chi connectivity index (χ2v) is 8.89. The van der Waals surface area contributed by atoms with E-state index in [1.54, 1.807) is 0 Å². The molecule has 0 aliphatic heterocycles. The molecule has 0 spiro atoms. The third kappa shape index (κ3) is 6.10. The highest BCUT2D eigenvalue weighted by molar-refractivity contribution is 5.62. The first-order valence-electron chi connectivity index (χ1n) is 11.5. The lowest BCUT2D eigenvalue weighted by Crippen LogP contribution is -2.19. The van der Waals surface area contributed by atoms with Crippen LogP contribution in [0.2, 0.25) is 0 Å². The van der Waals surface area contributed by atoms with E-state index in [0.29, 0.717) is 11.5 Å². The van der Waals surface area contributed by atoms with Crippen LogP contribution in [-0.4, -0.2) is 4.98 Å². The Morgan fingerprint density at radius 1 is 0.931 bits per heavy atom. The van der Waals surface area contributed by atoms with Crippen LogP contribution in [0.4, 0.5) is 8.78 Å². The number of hydrogen-bond donors (Lipinski definition) is 0. The van der Waals surface area contributed by atoms with E-state index in [2.05, 4.69) is 31.0 Å². The minimum atomic E-state index is -1.05. The highest BCUT2D eigenvalue weighted by Gasteiger charge is 2.25. The van der Waals surface area contributed by atoms with Crippen molar-refractivity contribution >= 4 is 0 Å². The van der Waals surface area contributed by atoms with E-state index in [0.717, 1.165) is 17.4 Å². The quantitative estimate of drug-likeness (QED) is 0.305. The van der Waals surface area contributed by atoms with Crippen LogP contribution in [0.25, 0.3) is 11.1 Å². The third-order valence-electron chi connectivity index (χ3n) is 6.88. The molecule has 0 saturated heterocycles. The fraction of sp³-hybridized carbons (Fsp3) is 0.577. The summed E-state index contributed by atoms with van der Waals surface area (Å²) in [5.74, 6) is 0.278. The molecule has 1 aliphatic carbocycles. The van der Waals surface area contributed by atoms with Crippen molar-refractivity contribution in [1.29, 1.82) is 0 Å². The van der Waals surface area contributed by atoms with Gasteiger partial charge in [0, 0.05) is 11.8 Å². The van der Waals surface area contributed by atoms with Crippen LogP contribution in [0, 0.1) is 23.6 Å². The van der Waals surface area contributed by atoms with Gasteiger partial charge in [0.15, 0.2) is 5.82 Å². The van der Waals surface area contributed by atoms with Crippen molar-refractivity contribution in [1.82, 2.24) is 4.98 Å². The first-order valence-corrected chi connectivity index (χ1v) is 11.5. The van der Waals surface area contributed by atoms with Gasteiger partial charge in [-0.3, -0.25) is 0 Å². The molecule has 1 atom stereocenters. The van der Waals surface area contributed by atoms with Crippen molar-refractivity contribution in [2.45, 2.75) is 84.0 Å². The zero-order valence-electron chi connectivity index (χ0n) is 18.0. The Hall–Kier alpha value is -1.77. The largest absolute Gasteiger partial charge is 0.248 e. The summed E-state index contributed by atoms with van der Waals surface area (Å²) in [6.45, 7) is 4.61. The molecule has 3 rings (SSSR count). The van der Waals surface area contributed by atoms with E-state index < -0.39 is 11.8 Å². The van der Waals surface area contributed by atoms with Crippen LogP contribution in [-0.2, 0) is 0 Å². The van der Waals surface area contributed by atoms with Gasteiger partial charge < -0.3 is 0 Å². The normalized spacial score (nSPS) is 20.6.